The minimum absolute atomic E-state index is 0.240. The number of benzene rings is 1. The number of amides is 1. The first-order valence-corrected chi connectivity index (χ1v) is 8.71. The second-order valence-electron chi connectivity index (χ2n) is 5.84. The van der Waals surface area contributed by atoms with Crippen molar-refractivity contribution < 1.29 is 9.21 Å². The van der Waals surface area contributed by atoms with Crippen LogP contribution < -0.4 is 10.6 Å². The number of anilines is 2. The van der Waals surface area contributed by atoms with E-state index in [2.05, 4.69) is 52.6 Å². The van der Waals surface area contributed by atoms with E-state index in [4.69, 9.17) is 4.42 Å². The number of nitrogens with one attached hydrogen (secondary N) is 2. The quantitative estimate of drug-likeness (QED) is 0.676. The van der Waals surface area contributed by atoms with Crippen molar-refractivity contribution in [3.8, 4) is 0 Å². The molecule has 0 spiro atoms. The molecule has 0 atom stereocenters. The van der Waals surface area contributed by atoms with Gasteiger partial charge in [-0.3, -0.25) is 4.79 Å². The van der Waals surface area contributed by atoms with Crippen molar-refractivity contribution in [2.24, 2.45) is 0 Å². The van der Waals surface area contributed by atoms with Crippen LogP contribution >= 0.6 is 0 Å². The fourth-order valence-corrected chi connectivity index (χ4v) is 2.71. The van der Waals surface area contributed by atoms with Crippen molar-refractivity contribution in [3.05, 3.63) is 71.4 Å². The van der Waals surface area contributed by atoms with Gasteiger partial charge in [0.2, 0.25) is 5.95 Å². The van der Waals surface area contributed by atoms with Crippen LogP contribution in [-0.2, 0) is 19.4 Å². The van der Waals surface area contributed by atoms with Crippen molar-refractivity contribution >= 4 is 17.5 Å². The minimum Gasteiger partial charge on any atom is -0.467 e. The first-order chi connectivity index (χ1) is 12.7. The largest absolute Gasteiger partial charge is 0.467 e. The fourth-order valence-electron chi connectivity index (χ4n) is 2.71. The molecule has 3 aromatic rings. The zero-order valence-electron chi connectivity index (χ0n) is 15.0. The first-order valence-electron chi connectivity index (χ1n) is 8.71. The van der Waals surface area contributed by atoms with E-state index in [-0.39, 0.29) is 5.91 Å². The van der Waals surface area contributed by atoms with Crippen LogP contribution in [0.4, 0.5) is 11.6 Å². The third-order valence-corrected chi connectivity index (χ3v) is 4.15. The molecule has 0 aliphatic carbocycles. The van der Waals surface area contributed by atoms with Gasteiger partial charge in [-0.1, -0.05) is 32.0 Å². The molecular weight excluding hydrogens is 328 g/mol. The van der Waals surface area contributed by atoms with E-state index >= 15 is 0 Å². The predicted molar refractivity (Wildman–Crippen MR) is 100 cm³/mol. The van der Waals surface area contributed by atoms with Crippen molar-refractivity contribution in [2.75, 3.05) is 5.32 Å². The lowest BCUT2D eigenvalue weighted by atomic mass is 10.0. The maximum Gasteiger partial charge on any atom is 0.254 e. The molecule has 0 fully saturated rings. The molecule has 0 aliphatic rings. The highest BCUT2D eigenvalue weighted by Crippen LogP contribution is 2.25. The molecule has 2 aromatic heterocycles. The number of carbonyl (C=O) groups is 1. The number of aromatic nitrogens is 2. The summed E-state index contributed by atoms with van der Waals surface area (Å²) in [5, 5.41) is 6.07. The Labute approximate surface area is 152 Å². The van der Waals surface area contributed by atoms with Gasteiger partial charge in [-0.15, -0.1) is 0 Å². The Morgan fingerprint density at radius 3 is 2.31 bits per heavy atom. The molecule has 3 rings (SSSR count). The molecule has 1 amide bonds. The number of hydrogen-bond donors (Lipinski definition) is 2. The molecule has 1 aromatic carbocycles. The number of furan rings is 1. The van der Waals surface area contributed by atoms with Gasteiger partial charge in [-0.25, -0.2) is 9.97 Å². The van der Waals surface area contributed by atoms with Gasteiger partial charge in [-0.05, 0) is 36.1 Å². The van der Waals surface area contributed by atoms with Gasteiger partial charge in [0, 0.05) is 18.1 Å². The summed E-state index contributed by atoms with van der Waals surface area (Å²) < 4.78 is 5.19. The summed E-state index contributed by atoms with van der Waals surface area (Å²) in [5.74, 6) is 0.931. The summed E-state index contributed by atoms with van der Waals surface area (Å²) in [6.07, 6.45) is 6.45. The zero-order chi connectivity index (χ0) is 18.4. The highest BCUT2D eigenvalue weighted by molar-refractivity contribution is 5.93. The Kier molecular flexibility index (Phi) is 5.63. The number of para-hydroxylation sites is 1. The molecule has 6 heteroatoms. The summed E-state index contributed by atoms with van der Waals surface area (Å²) in [7, 11) is 0. The molecule has 0 saturated heterocycles. The predicted octanol–water partition coefficient (Wildman–Crippen LogP) is 3.87. The van der Waals surface area contributed by atoms with Crippen molar-refractivity contribution in [1.82, 2.24) is 15.3 Å². The van der Waals surface area contributed by atoms with Gasteiger partial charge in [-0.2, -0.15) is 0 Å². The number of hydrogen-bond acceptors (Lipinski definition) is 5. The number of carbonyl (C=O) groups excluding carboxylic acids is 1. The topological polar surface area (TPSA) is 80.0 Å². The highest BCUT2D eigenvalue weighted by atomic mass is 16.3. The molecule has 0 radical (unpaired) electrons. The monoisotopic (exact) mass is 350 g/mol. The number of aryl methyl sites for hydroxylation is 2. The van der Waals surface area contributed by atoms with E-state index in [0.29, 0.717) is 23.8 Å². The summed E-state index contributed by atoms with van der Waals surface area (Å²) in [6.45, 7) is 4.57. The fraction of sp³-hybridized carbons (Fsp3) is 0.250. The lowest BCUT2D eigenvalue weighted by molar-refractivity contribution is 0.0947. The molecule has 0 aliphatic heterocycles. The van der Waals surface area contributed by atoms with Gasteiger partial charge in [0.1, 0.15) is 5.76 Å². The average molecular weight is 350 g/mol. The maximum atomic E-state index is 12.2. The van der Waals surface area contributed by atoms with Crippen LogP contribution in [-0.4, -0.2) is 15.9 Å². The molecular formula is C20H22N4O2. The van der Waals surface area contributed by atoms with Crippen molar-refractivity contribution in [3.63, 3.8) is 0 Å². The summed E-state index contributed by atoms with van der Waals surface area (Å²) in [4.78, 5) is 20.7. The Morgan fingerprint density at radius 1 is 1.04 bits per heavy atom. The Morgan fingerprint density at radius 2 is 1.73 bits per heavy atom. The van der Waals surface area contributed by atoms with E-state index in [0.717, 1.165) is 18.5 Å². The SMILES string of the molecule is CCc1cccc(CC)c1Nc1ncc(C(=O)NCc2ccco2)cn1. The van der Waals surface area contributed by atoms with Crippen LogP contribution in [0, 0.1) is 0 Å². The van der Waals surface area contributed by atoms with Crippen LogP contribution in [0.1, 0.15) is 41.1 Å². The van der Waals surface area contributed by atoms with Crippen LogP contribution in [0.15, 0.2) is 53.4 Å². The highest BCUT2D eigenvalue weighted by Gasteiger charge is 2.10. The van der Waals surface area contributed by atoms with Crippen molar-refractivity contribution in [1.29, 1.82) is 0 Å². The lowest BCUT2D eigenvalue weighted by Gasteiger charge is -2.14. The third kappa shape index (κ3) is 4.08. The second-order valence-corrected chi connectivity index (χ2v) is 5.84. The average Bonchev–Trinajstić information content (AvgIpc) is 3.20. The smallest absolute Gasteiger partial charge is 0.254 e. The van der Waals surface area contributed by atoms with Crippen LogP contribution in [0.5, 0.6) is 0 Å². The van der Waals surface area contributed by atoms with E-state index in [1.54, 1.807) is 18.4 Å². The molecule has 134 valence electrons. The van der Waals surface area contributed by atoms with Gasteiger partial charge in [0.05, 0.1) is 18.4 Å². The first kappa shape index (κ1) is 17.7. The molecule has 2 heterocycles. The zero-order valence-corrected chi connectivity index (χ0v) is 15.0. The van der Waals surface area contributed by atoms with E-state index < -0.39 is 0 Å². The minimum atomic E-state index is -0.240. The van der Waals surface area contributed by atoms with Crippen LogP contribution in [0.3, 0.4) is 0 Å². The van der Waals surface area contributed by atoms with Crippen molar-refractivity contribution in [2.45, 2.75) is 33.2 Å². The van der Waals surface area contributed by atoms with Gasteiger partial charge < -0.3 is 15.1 Å². The standard InChI is InChI=1S/C20H22N4O2/c1-3-14-7-5-8-15(4-2)18(14)24-20-22-11-16(12-23-20)19(25)21-13-17-9-6-10-26-17/h5-12H,3-4,13H2,1-2H3,(H,21,25)(H,22,23,24). The Hall–Kier alpha value is -3.15. The lowest BCUT2D eigenvalue weighted by Crippen LogP contribution is -2.23. The van der Waals surface area contributed by atoms with E-state index in [9.17, 15) is 4.79 Å². The van der Waals surface area contributed by atoms with Crippen LogP contribution in [0.25, 0.3) is 0 Å². The van der Waals surface area contributed by atoms with E-state index in [1.165, 1.54) is 23.5 Å². The van der Waals surface area contributed by atoms with Gasteiger partial charge in [0.15, 0.2) is 0 Å². The number of nitrogens with zero attached hydrogens (tertiary/aromatic N) is 2. The van der Waals surface area contributed by atoms with Gasteiger partial charge in [0.25, 0.3) is 5.91 Å². The Balaban J connectivity index is 1.69. The molecule has 26 heavy (non-hydrogen) atoms. The summed E-state index contributed by atoms with van der Waals surface area (Å²) in [5.41, 5.74) is 3.88. The molecule has 2 N–H and O–H groups in total. The molecule has 0 bridgehead atoms. The molecule has 0 unspecified atom stereocenters. The Bertz CT molecular complexity index is 836. The van der Waals surface area contributed by atoms with Gasteiger partial charge >= 0.3 is 0 Å². The molecule has 6 nitrogen and oxygen atoms in total. The van der Waals surface area contributed by atoms with Crippen LogP contribution in [0.2, 0.25) is 0 Å². The van der Waals surface area contributed by atoms with E-state index in [1.807, 2.05) is 0 Å². The normalized spacial score (nSPS) is 10.5. The summed E-state index contributed by atoms with van der Waals surface area (Å²) in [6, 6.07) is 9.84. The molecule has 0 saturated carbocycles. The summed E-state index contributed by atoms with van der Waals surface area (Å²) >= 11 is 0. The second kappa shape index (κ2) is 8.29. The number of rotatable bonds is 7. The maximum absolute atomic E-state index is 12.2. The third-order valence-electron chi connectivity index (χ3n) is 4.15.